The molecule has 6 heteroatoms. The first-order valence-corrected chi connectivity index (χ1v) is 9.07. The molecule has 1 aromatic carbocycles. The van der Waals surface area contributed by atoms with Crippen molar-refractivity contribution in [2.24, 2.45) is 0 Å². The Morgan fingerprint density at radius 3 is 2.40 bits per heavy atom. The van der Waals surface area contributed by atoms with Gasteiger partial charge in [-0.15, -0.1) is 0 Å². The van der Waals surface area contributed by atoms with Crippen LogP contribution >= 0.6 is 0 Å². The first-order valence-electron chi connectivity index (χ1n) is 9.07. The maximum atomic E-state index is 12.8. The lowest BCUT2D eigenvalue weighted by molar-refractivity contribution is -0.188. The molecule has 1 unspecified atom stereocenters. The highest BCUT2D eigenvalue weighted by molar-refractivity contribution is 6.05. The number of ether oxygens (including phenoxy) is 2. The number of carbonyl (C=O) groups excluding carboxylic acids is 2. The zero-order valence-electron chi connectivity index (χ0n) is 14.4. The summed E-state index contributed by atoms with van der Waals surface area (Å²) in [5.41, 5.74) is 1.14. The van der Waals surface area contributed by atoms with Crippen molar-refractivity contribution < 1.29 is 19.1 Å². The minimum absolute atomic E-state index is 0.0508. The molecule has 1 atom stereocenters. The second-order valence-electron chi connectivity index (χ2n) is 6.98. The molecule has 0 saturated carbocycles. The maximum Gasteiger partial charge on any atom is 0.247 e. The van der Waals surface area contributed by atoms with Crippen LogP contribution < -0.4 is 0 Å². The van der Waals surface area contributed by atoms with Crippen molar-refractivity contribution in [3.8, 4) is 0 Å². The van der Waals surface area contributed by atoms with E-state index in [0.717, 1.165) is 31.5 Å². The lowest BCUT2D eigenvalue weighted by atomic mass is 10.0. The van der Waals surface area contributed by atoms with Crippen molar-refractivity contribution in [3.05, 3.63) is 35.9 Å². The number of nitrogens with zero attached hydrogens (tertiary/aromatic N) is 2. The number of hydrogen-bond acceptors (Lipinski definition) is 5. The molecule has 0 bridgehead atoms. The molecular formula is C19H24N2O4. The van der Waals surface area contributed by atoms with Crippen LogP contribution in [0.15, 0.2) is 30.3 Å². The first-order chi connectivity index (χ1) is 12.2. The van der Waals surface area contributed by atoms with E-state index in [-0.39, 0.29) is 17.9 Å². The molecule has 3 heterocycles. The summed E-state index contributed by atoms with van der Waals surface area (Å²) >= 11 is 0. The molecule has 1 aromatic rings. The van der Waals surface area contributed by atoms with Crippen LogP contribution in [0.4, 0.5) is 0 Å². The van der Waals surface area contributed by atoms with Gasteiger partial charge >= 0.3 is 0 Å². The third-order valence-corrected chi connectivity index (χ3v) is 5.50. The second kappa shape index (κ2) is 6.86. The molecule has 134 valence electrons. The number of piperidine rings is 1. The van der Waals surface area contributed by atoms with E-state index >= 15 is 0 Å². The molecule has 3 saturated heterocycles. The number of carbonyl (C=O) groups is 2. The van der Waals surface area contributed by atoms with Crippen LogP contribution in [-0.4, -0.2) is 66.3 Å². The van der Waals surface area contributed by atoms with Gasteiger partial charge in [-0.05, 0) is 12.0 Å². The first kappa shape index (κ1) is 16.7. The monoisotopic (exact) mass is 344 g/mol. The Bertz CT molecular complexity index is 632. The molecule has 2 amide bonds. The van der Waals surface area contributed by atoms with Crippen LogP contribution in [0, 0.1) is 0 Å². The van der Waals surface area contributed by atoms with Crippen molar-refractivity contribution >= 4 is 11.8 Å². The highest BCUT2D eigenvalue weighted by Gasteiger charge is 2.46. The molecular weight excluding hydrogens is 320 g/mol. The Labute approximate surface area is 147 Å². The Morgan fingerprint density at radius 1 is 1.04 bits per heavy atom. The SMILES string of the molecule is O=C1CC(N2CCC3(CC2)OCCO3)C(=O)N1CCc1ccccc1. The van der Waals surface area contributed by atoms with Gasteiger partial charge in [0.05, 0.1) is 25.7 Å². The number of rotatable bonds is 4. The van der Waals surface area contributed by atoms with Crippen LogP contribution in [0.1, 0.15) is 24.8 Å². The van der Waals surface area contributed by atoms with Crippen molar-refractivity contribution in [3.63, 3.8) is 0 Å². The molecule has 1 spiro atoms. The number of likely N-dealkylation sites (tertiary alicyclic amines) is 2. The summed E-state index contributed by atoms with van der Waals surface area (Å²) in [7, 11) is 0. The second-order valence-corrected chi connectivity index (χ2v) is 6.98. The summed E-state index contributed by atoms with van der Waals surface area (Å²) in [6.45, 7) is 3.22. The summed E-state index contributed by atoms with van der Waals surface area (Å²) in [6.07, 6.45) is 2.52. The molecule has 6 nitrogen and oxygen atoms in total. The Morgan fingerprint density at radius 2 is 1.72 bits per heavy atom. The predicted octanol–water partition coefficient (Wildman–Crippen LogP) is 1.20. The number of imide groups is 1. The molecule has 0 radical (unpaired) electrons. The average molecular weight is 344 g/mol. The van der Waals surface area contributed by atoms with Crippen LogP contribution in [0.25, 0.3) is 0 Å². The van der Waals surface area contributed by atoms with E-state index in [4.69, 9.17) is 9.47 Å². The van der Waals surface area contributed by atoms with E-state index in [1.807, 2.05) is 30.3 Å². The molecule has 3 fully saturated rings. The van der Waals surface area contributed by atoms with E-state index < -0.39 is 5.79 Å². The van der Waals surface area contributed by atoms with Crippen molar-refractivity contribution in [1.82, 2.24) is 9.80 Å². The standard InChI is InChI=1S/C19H24N2O4/c22-17-14-16(20-10-7-19(8-11-20)24-12-13-25-19)18(23)21(17)9-6-15-4-2-1-3-5-15/h1-5,16H,6-14H2. The van der Waals surface area contributed by atoms with E-state index in [9.17, 15) is 9.59 Å². The quantitative estimate of drug-likeness (QED) is 0.768. The van der Waals surface area contributed by atoms with Gasteiger partial charge < -0.3 is 9.47 Å². The van der Waals surface area contributed by atoms with Crippen molar-refractivity contribution in [1.29, 1.82) is 0 Å². The third kappa shape index (κ3) is 3.34. The van der Waals surface area contributed by atoms with Crippen LogP contribution in [0.5, 0.6) is 0 Å². The van der Waals surface area contributed by atoms with Gasteiger partial charge in [-0.25, -0.2) is 0 Å². The molecule has 4 rings (SSSR count). The van der Waals surface area contributed by atoms with E-state index in [1.165, 1.54) is 4.90 Å². The summed E-state index contributed by atoms with van der Waals surface area (Å²) in [5, 5.41) is 0. The van der Waals surface area contributed by atoms with Gasteiger partial charge in [0.25, 0.3) is 0 Å². The Balaban J connectivity index is 1.35. The lowest BCUT2D eigenvalue weighted by Crippen LogP contribution is -2.51. The van der Waals surface area contributed by atoms with Crippen LogP contribution in [0.2, 0.25) is 0 Å². The lowest BCUT2D eigenvalue weighted by Gasteiger charge is -2.39. The zero-order valence-corrected chi connectivity index (χ0v) is 14.4. The normalized spacial score (nSPS) is 26.7. The molecule has 0 N–H and O–H groups in total. The highest BCUT2D eigenvalue weighted by atomic mass is 16.7. The Kier molecular flexibility index (Phi) is 4.58. The highest BCUT2D eigenvalue weighted by Crippen LogP contribution is 2.33. The fourth-order valence-electron chi connectivity index (χ4n) is 4.03. The summed E-state index contributed by atoms with van der Waals surface area (Å²) in [5.74, 6) is -0.556. The minimum Gasteiger partial charge on any atom is -0.347 e. The van der Waals surface area contributed by atoms with E-state index in [0.29, 0.717) is 32.6 Å². The van der Waals surface area contributed by atoms with Gasteiger partial charge in [0.2, 0.25) is 11.8 Å². The number of benzene rings is 1. The summed E-state index contributed by atoms with van der Waals surface area (Å²) in [6, 6.07) is 9.64. The minimum atomic E-state index is -0.449. The fraction of sp³-hybridized carbons (Fsp3) is 0.579. The molecule has 3 aliphatic rings. The van der Waals surface area contributed by atoms with Crippen LogP contribution in [-0.2, 0) is 25.5 Å². The van der Waals surface area contributed by atoms with Gasteiger partial charge in [0.15, 0.2) is 5.79 Å². The maximum absolute atomic E-state index is 12.8. The van der Waals surface area contributed by atoms with Crippen molar-refractivity contribution in [2.45, 2.75) is 37.5 Å². The summed E-state index contributed by atoms with van der Waals surface area (Å²) in [4.78, 5) is 28.6. The molecule has 0 aromatic heterocycles. The van der Waals surface area contributed by atoms with Gasteiger partial charge in [0, 0.05) is 32.5 Å². The molecule has 25 heavy (non-hydrogen) atoms. The Hall–Kier alpha value is -1.76. The van der Waals surface area contributed by atoms with Crippen molar-refractivity contribution in [2.75, 3.05) is 32.8 Å². The predicted molar refractivity (Wildman–Crippen MR) is 90.7 cm³/mol. The molecule has 3 aliphatic heterocycles. The van der Waals surface area contributed by atoms with Gasteiger partial charge in [-0.2, -0.15) is 0 Å². The average Bonchev–Trinajstić information content (AvgIpc) is 3.20. The van der Waals surface area contributed by atoms with E-state index in [1.54, 1.807) is 0 Å². The third-order valence-electron chi connectivity index (χ3n) is 5.50. The topological polar surface area (TPSA) is 59.1 Å². The van der Waals surface area contributed by atoms with Gasteiger partial charge in [0.1, 0.15) is 0 Å². The van der Waals surface area contributed by atoms with Gasteiger partial charge in [-0.3, -0.25) is 19.4 Å². The molecule has 0 aliphatic carbocycles. The van der Waals surface area contributed by atoms with Gasteiger partial charge in [-0.1, -0.05) is 30.3 Å². The van der Waals surface area contributed by atoms with Crippen LogP contribution in [0.3, 0.4) is 0 Å². The smallest absolute Gasteiger partial charge is 0.247 e. The fourth-order valence-corrected chi connectivity index (χ4v) is 4.03. The van der Waals surface area contributed by atoms with E-state index in [2.05, 4.69) is 4.90 Å². The zero-order chi connectivity index (χ0) is 17.3. The number of amides is 2. The largest absolute Gasteiger partial charge is 0.347 e. The number of hydrogen-bond donors (Lipinski definition) is 0. The summed E-state index contributed by atoms with van der Waals surface area (Å²) < 4.78 is 11.5.